The highest BCUT2D eigenvalue weighted by molar-refractivity contribution is 5.91. The molecule has 0 fully saturated rings. The van der Waals surface area contributed by atoms with Gasteiger partial charge in [-0.25, -0.2) is 0 Å². The van der Waals surface area contributed by atoms with Crippen LogP contribution in [0.1, 0.15) is 26.7 Å². The summed E-state index contributed by atoms with van der Waals surface area (Å²) in [5.41, 5.74) is 6.13. The van der Waals surface area contributed by atoms with Crippen LogP contribution in [0.5, 0.6) is 5.75 Å². The van der Waals surface area contributed by atoms with Crippen molar-refractivity contribution in [1.29, 1.82) is 0 Å². The highest BCUT2D eigenvalue weighted by Gasteiger charge is 2.07. The quantitative estimate of drug-likeness (QED) is 0.781. The van der Waals surface area contributed by atoms with Crippen molar-refractivity contribution in [2.24, 2.45) is 11.7 Å². The number of nitrogens with two attached hydrogens (primary N) is 1. The molecule has 18 heavy (non-hydrogen) atoms. The molecule has 0 aromatic heterocycles. The summed E-state index contributed by atoms with van der Waals surface area (Å²) in [5, 5.41) is 2.87. The number of carbonyl (C=O) groups is 1. The van der Waals surface area contributed by atoms with Crippen LogP contribution in [-0.2, 0) is 4.79 Å². The first-order chi connectivity index (χ1) is 8.65. The SMILES string of the molecule is CCC(C)CC(=O)Nc1cccc(OCCN)c1. The first kappa shape index (κ1) is 14.5. The molecule has 0 aliphatic rings. The van der Waals surface area contributed by atoms with Gasteiger partial charge in [-0.05, 0) is 18.1 Å². The van der Waals surface area contributed by atoms with Crippen molar-refractivity contribution in [2.75, 3.05) is 18.5 Å². The van der Waals surface area contributed by atoms with E-state index in [0.29, 0.717) is 25.5 Å². The van der Waals surface area contributed by atoms with Gasteiger partial charge in [0.1, 0.15) is 12.4 Å². The first-order valence-electron chi connectivity index (χ1n) is 6.38. The zero-order valence-corrected chi connectivity index (χ0v) is 11.1. The Morgan fingerprint density at radius 1 is 1.50 bits per heavy atom. The van der Waals surface area contributed by atoms with E-state index in [4.69, 9.17) is 10.5 Å². The minimum atomic E-state index is 0.0420. The molecule has 1 unspecified atom stereocenters. The van der Waals surface area contributed by atoms with Crippen LogP contribution in [0.2, 0.25) is 0 Å². The molecular formula is C14H22N2O2. The van der Waals surface area contributed by atoms with E-state index >= 15 is 0 Å². The molecule has 1 rings (SSSR count). The number of amides is 1. The molecule has 3 N–H and O–H groups in total. The summed E-state index contributed by atoms with van der Waals surface area (Å²) in [7, 11) is 0. The van der Waals surface area contributed by atoms with Gasteiger partial charge < -0.3 is 15.8 Å². The largest absolute Gasteiger partial charge is 0.492 e. The lowest BCUT2D eigenvalue weighted by Crippen LogP contribution is -2.15. The molecule has 4 nitrogen and oxygen atoms in total. The topological polar surface area (TPSA) is 64.3 Å². The molecule has 100 valence electrons. The third-order valence-electron chi connectivity index (χ3n) is 2.74. The minimum absolute atomic E-state index is 0.0420. The predicted octanol–water partition coefficient (Wildman–Crippen LogP) is 2.40. The first-order valence-corrected chi connectivity index (χ1v) is 6.38. The Labute approximate surface area is 109 Å². The maximum atomic E-state index is 11.7. The molecule has 0 heterocycles. The number of hydrogen-bond donors (Lipinski definition) is 2. The van der Waals surface area contributed by atoms with Gasteiger partial charge in [0, 0.05) is 24.7 Å². The van der Waals surface area contributed by atoms with E-state index in [1.54, 1.807) is 0 Å². The Kier molecular flexibility index (Phi) is 6.22. The Morgan fingerprint density at radius 2 is 2.28 bits per heavy atom. The number of anilines is 1. The summed E-state index contributed by atoms with van der Waals surface area (Å²) in [6.45, 7) is 5.11. The van der Waals surface area contributed by atoms with E-state index in [9.17, 15) is 4.79 Å². The lowest BCUT2D eigenvalue weighted by Gasteiger charge is -2.10. The Balaban J connectivity index is 2.53. The van der Waals surface area contributed by atoms with Gasteiger partial charge in [-0.3, -0.25) is 4.79 Å². The zero-order chi connectivity index (χ0) is 13.4. The normalized spacial score (nSPS) is 11.9. The summed E-state index contributed by atoms with van der Waals surface area (Å²) in [6, 6.07) is 7.36. The van der Waals surface area contributed by atoms with E-state index in [1.807, 2.05) is 24.3 Å². The van der Waals surface area contributed by atoms with Gasteiger partial charge in [-0.1, -0.05) is 26.3 Å². The second kappa shape index (κ2) is 7.71. The standard InChI is InChI=1S/C14H22N2O2/c1-3-11(2)9-14(17)16-12-5-4-6-13(10-12)18-8-7-15/h4-6,10-11H,3,7-9,15H2,1-2H3,(H,16,17). The molecule has 0 saturated heterocycles. The molecule has 0 saturated carbocycles. The third-order valence-corrected chi connectivity index (χ3v) is 2.74. The lowest BCUT2D eigenvalue weighted by atomic mass is 10.1. The van der Waals surface area contributed by atoms with Crippen LogP contribution in [0.15, 0.2) is 24.3 Å². The van der Waals surface area contributed by atoms with Gasteiger partial charge in [0.05, 0.1) is 0 Å². The fourth-order valence-electron chi connectivity index (χ4n) is 1.51. The molecule has 0 aliphatic heterocycles. The van der Waals surface area contributed by atoms with Crippen LogP contribution >= 0.6 is 0 Å². The van der Waals surface area contributed by atoms with E-state index in [1.165, 1.54) is 0 Å². The van der Waals surface area contributed by atoms with E-state index < -0.39 is 0 Å². The molecule has 0 spiro atoms. The highest BCUT2D eigenvalue weighted by Crippen LogP contribution is 2.18. The molecular weight excluding hydrogens is 228 g/mol. The van der Waals surface area contributed by atoms with Crippen LogP contribution < -0.4 is 15.8 Å². The Hall–Kier alpha value is -1.55. The molecule has 0 aliphatic carbocycles. The third kappa shape index (κ3) is 5.19. The number of hydrogen-bond acceptors (Lipinski definition) is 3. The lowest BCUT2D eigenvalue weighted by molar-refractivity contribution is -0.117. The van der Waals surface area contributed by atoms with Crippen molar-refractivity contribution in [3.8, 4) is 5.75 Å². The number of carbonyl (C=O) groups excluding carboxylic acids is 1. The van der Waals surface area contributed by atoms with Gasteiger partial charge in [-0.15, -0.1) is 0 Å². The number of nitrogens with one attached hydrogen (secondary N) is 1. The smallest absolute Gasteiger partial charge is 0.224 e. The number of rotatable bonds is 7. The highest BCUT2D eigenvalue weighted by atomic mass is 16.5. The van der Waals surface area contributed by atoms with Crippen LogP contribution in [0.25, 0.3) is 0 Å². The average Bonchev–Trinajstić information content (AvgIpc) is 2.36. The van der Waals surface area contributed by atoms with Gasteiger partial charge in [0.15, 0.2) is 0 Å². The molecule has 1 atom stereocenters. The minimum Gasteiger partial charge on any atom is -0.492 e. The van der Waals surface area contributed by atoms with Crippen molar-refractivity contribution in [3.63, 3.8) is 0 Å². The number of benzene rings is 1. The number of ether oxygens (including phenoxy) is 1. The Morgan fingerprint density at radius 3 is 2.94 bits per heavy atom. The maximum Gasteiger partial charge on any atom is 0.224 e. The van der Waals surface area contributed by atoms with Crippen molar-refractivity contribution in [2.45, 2.75) is 26.7 Å². The maximum absolute atomic E-state index is 11.7. The fraction of sp³-hybridized carbons (Fsp3) is 0.500. The second-order valence-electron chi connectivity index (χ2n) is 4.43. The molecule has 1 aromatic carbocycles. The predicted molar refractivity (Wildman–Crippen MR) is 73.7 cm³/mol. The van der Waals surface area contributed by atoms with Crippen LogP contribution in [0, 0.1) is 5.92 Å². The average molecular weight is 250 g/mol. The molecule has 0 bridgehead atoms. The molecule has 4 heteroatoms. The fourth-order valence-corrected chi connectivity index (χ4v) is 1.51. The second-order valence-corrected chi connectivity index (χ2v) is 4.43. The van der Waals surface area contributed by atoms with Gasteiger partial charge in [0.25, 0.3) is 0 Å². The Bertz CT molecular complexity index is 380. The van der Waals surface area contributed by atoms with Crippen molar-refractivity contribution in [1.82, 2.24) is 0 Å². The van der Waals surface area contributed by atoms with Crippen molar-refractivity contribution < 1.29 is 9.53 Å². The van der Waals surface area contributed by atoms with Crippen molar-refractivity contribution >= 4 is 11.6 Å². The van der Waals surface area contributed by atoms with E-state index in [0.717, 1.165) is 17.9 Å². The summed E-state index contributed by atoms with van der Waals surface area (Å²) in [5.74, 6) is 1.17. The summed E-state index contributed by atoms with van der Waals surface area (Å²) in [4.78, 5) is 11.7. The molecule has 1 aromatic rings. The zero-order valence-electron chi connectivity index (χ0n) is 11.1. The van der Waals surface area contributed by atoms with E-state index in [-0.39, 0.29) is 5.91 Å². The summed E-state index contributed by atoms with van der Waals surface area (Å²) in [6.07, 6.45) is 1.55. The van der Waals surface area contributed by atoms with Crippen LogP contribution in [0.3, 0.4) is 0 Å². The van der Waals surface area contributed by atoms with Gasteiger partial charge >= 0.3 is 0 Å². The van der Waals surface area contributed by atoms with E-state index in [2.05, 4.69) is 19.2 Å². The van der Waals surface area contributed by atoms with Gasteiger partial charge in [0.2, 0.25) is 5.91 Å². The summed E-state index contributed by atoms with van der Waals surface area (Å²) >= 11 is 0. The van der Waals surface area contributed by atoms with Gasteiger partial charge in [-0.2, -0.15) is 0 Å². The molecule has 0 radical (unpaired) electrons. The van der Waals surface area contributed by atoms with Crippen LogP contribution in [-0.4, -0.2) is 19.1 Å². The summed E-state index contributed by atoms with van der Waals surface area (Å²) < 4.78 is 5.40. The van der Waals surface area contributed by atoms with Crippen LogP contribution in [0.4, 0.5) is 5.69 Å². The molecule has 1 amide bonds. The monoisotopic (exact) mass is 250 g/mol. The van der Waals surface area contributed by atoms with Crippen molar-refractivity contribution in [3.05, 3.63) is 24.3 Å².